The van der Waals surface area contributed by atoms with Gasteiger partial charge in [-0.1, -0.05) is 28.1 Å². The van der Waals surface area contributed by atoms with Crippen LogP contribution in [-0.2, 0) is 0 Å². The number of ether oxygens (including phenoxy) is 1. The van der Waals surface area contributed by atoms with Crippen molar-refractivity contribution in [3.8, 4) is 17.6 Å². The predicted octanol–water partition coefficient (Wildman–Crippen LogP) is 4.31. The Balaban J connectivity index is 2.34. The standard InChI is InChI=1S/C15H11BrFNO2/c1-9(19)11-6-5-10(7-13(11)16)20-15-4-2-3-14(17)12(15)8-18/h2-7,9,19H,1H3/t9-/m0/s1. The molecule has 0 spiro atoms. The molecular formula is C15H11BrFNO2. The fraction of sp³-hybridized carbons (Fsp3) is 0.133. The Kier molecular flexibility index (Phi) is 4.38. The minimum atomic E-state index is -0.621. The molecule has 0 heterocycles. The number of nitriles is 1. The molecule has 0 fully saturated rings. The van der Waals surface area contributed by atoms with Crippen LogP contribution in [0.1, 0.15) is 24.2 Å². The summed E-state index contributed by atoms with van der Waals surface area (Å²) in [7, 11) is 0. The second kappa shape index (κ2) is 6.04. The molecule has 0 saturated carbocycles. The van der Waals surface area contributed by atoms with Crippen molar-refractivity contribution >= 4 is 15.9 Å². The first kappa shape index (κ1) is 14.5. The molecule has 2 rings (SSSR count). The zero-order valence-electron chi connectivity index (χ0n) is 10.6. The lowest BCUT2D eigenvalue weighted by molar-refractivity contribution is 0.198. The van der Waals surface area contributed by atoms with E-state index in [1.165, 1.54) is 18.2 Å². The maximum Gasteiger partial charge on any atom is 0.148 e. The van der Waals surface area contributed by atoms with Crippen LogP contribution in [-0.4, -0.2) is 5.11 Å². The molecule has 0 unspecified atom stereocenters. The summed E-state index contributed by atoms with van der Waals surface area (Å²) in [5, 5.41) is 18.5. The van der Waals surface area contributed by atoms with Gasteiger partial charge in [0.2, 0.25) is 0 Å². The van der Waals surface area contributed by atoms with Crippen molar-refractivity contribution in [2.24, 2.45) is 0 Å². The smallest absolute Gasteiger partial charge is 0.148 e. The topological polar surface area (TPSA) is 53.2 Å². The molecule has 2 aromatic carbocycles. The average Bonchev–Trinajstić information content (AvgIpc) is 2.38. The third kappa shape index (κ3) is 2.98. The third-order valence-electron chi connectivity index (χ3n) is 2.74. The fourth-order valence-electron chi connectivity index (χ4n) is 1.74. The Bertz CT molecular complexity index is 680. The van der Waals surface area contributed by atoms with Crippen molar-refractivity contribution in [2.75, 3.05) is 0 Å². The van der Waals surface area contributed by atoms with Crippen LogP contribution in [0.4, 0.5) is 4.39 Å². The number of halogens is 2. The lowest BCUT2D eigenvalue weighted by Crippen LogP contribution is -1.95. The van der Waals surface area contributed by atoms with Gasteiger partial charge >= 0.3 is 0 Å². The van der Waals surface area contributed by atoms with Crippen molar-refractivity contribution in [3.63, 3.8) is 0 Å². The Labute approximate surface area is 124 Å². The van der Waals surface area contributed by atoms with Crippen LogP contribution < -0.4 is 4.74 Å². The molecule has 2 aromatic rings. The van der Waals surface area contributed by atoms with Crippen molar-refractivity contribution in [3.05, 3.63) is 57.8 Å². The third-order valence-corrected chi connectivity index (χ3v) is 3.42. The van der Waals surface area contributed by atoms with Gasteiger partial charge in [-0.05, 0) is 36.8 Å². The first-order chi connectivity index (χ1) is 9.52. The Morgan fingerprint density at radius 1 is 1.35 bits per heavy atom. The minimum absolute atomic E-state index is 0.136. The van der Waals surface area contributed by atoms with Gasteiger partial charge in [0.25, 0.3) is 0 Å². The Hall–Kier alpha value is -1.90. The molecule has 0 aromatic heterocycles. The second-order valence-corrected chi connectivity index (χ2v) is 5.04. The number of benzene rings is 2. The van der Waals surface area contributed by atoms with Gasteiger partial charge < -0.3 is 9.84 Å². The van der Waals surface area contributed by atoms with Crippen LogP contribution in [0.2, 0.25) is 0 Å². The molecule has 102 valence electrons. The van der Waals surface area contributed by atoms with E-state index >= 15 is 0 Å². The number of hydrogen-bond donors (Lipinski definition) is 1. The van der Waals surface area contributed by atoms with Gasteiger partial charge in [0, 0.05) is 4.47 Å². The van der Waals surface area contributed by atoms with Crippen LogP contribution in [0.5, 0.6) is 11.5 Å². The molecule has 0 bridgehead atoms. The Morgan fingerprint density at radius 3 is 2.70 bits per heavy atom. The first-order valence-electron chi connectivity index (χ1n) is 5.87. The fourth-order valence-corrected chi connectivity index (χ4v) is 2.42. The molecule has 3 nitrogen and oxygen atoms in total. The van der Waals surface area contributed by atoms with Crippen molar-refractivity contribution in [2.45, 2.75) is 13.0 Å². The lowest BCUT2D eigenvalue weighted by atomic mass is 10.1. The molecule has 0 saturated heterocycles. The molecule has 0 amide bonds. The maximum atomic E-state index is 13.5. The molecule has 5 heteroatoms. The van der Waals surface area contributed by atoms with Gasteiger partial charge in [0.1, 0.15) is 28.9 Å². The van der Waals surface area contributed by atoms with E-state index in [2.05, 4.69) is 15.9 Å². The van der Waals surface area contributed by atoms with Crippen LogP contribution in [0.15, 0.2) is 40.9 Å². The van der Waals surface area contributed by atoms with Crippen LogP contribution in [0.25, 0.3) is 0 Å². The van der Waals surface area contributed by atoms with Gasteiger partial charge in [-0.3, -0.25) is 0 Å². The predicted molar refractivity (Wildman–Crippen MR) is 76.0 cm³/mol. The number of hydrogen-bond acceptors (Lipinski definition) is 3. The molecule has 0 radical (unpaired) electrons. The van der Waals surface area contributed by atoms with E-state index in [-0.39, 0.29) is 11.3 Å². The zero-order valence-corrected chi connectivity index (χ0v) is 12.2. The average molecular weight is 336 g/mol. The van der Waals surface area contributed by atoms with Crippen LogP contribution in [0.3, 0.4) is 0 Å². The van der Waals surface area contributed by atoms with Crippen LogP contribution >= 0.6 is 15.9 Å². The highest BCUT2D eigenvalue weighted by Gasteiger charge is 2.12. The summed E-state index contributed by atoms with van der Waals surface area (Å²) in [4.78, 5) is 0. The zero-order chi connectivity index (χ0) is 14.7. The van der Waals surface area contributed by atoms with Gasteiger partial charge in [0.05, 0.1) is 6.10 Å². The summed E-state index contributed by atoms with van der Waals surface area (Å²) in [6.07, 6.45) is -0.609. The maximum absolute atomic E-state index is 13.5. The quantitative estimate of drug-likeness (QED) is 0.909. The second-order valence-electron chi connectivity index (χ2n) is 4.19. The van der Waals surface area contributed by atoms with E-state index in [1.54, 1.807) is 31.2 Å². The summed E-state index contributed by atoms with van der Waals surface area (Å²) in [5.74, 6) is -0.0164. The van der Waals surface area contributed by atoms with Crippen LogP contribution in [0, 0.1) is 17.1 Å². The van der Waals surface area contributed by atoms with Crippen molar-refractivity contribution < 1.29 is 14.2 Å². The molecule has 0 aliphatic heterocycles. The number of aliphatic hydroxyl groups is 1. The van der Waals surface area contributed by atoms with Crippen molar-refractivity contribution in [1.29, 1.82) is 5.26 Å². The highest BCUT2D eigenvalue weighted by molar-refractivity contribution is 9.10. The monoisotopic (exact) mass is 335 g/mol. The van der Waals surface area contributed by atoms with E-state index in [0.29, 0.717) is 10.2 Å². The first-order valence-corrected chi connectivity index (χ1v) is 6.66. The van der Waals surface area contributed by atoms with E-state index in [4.69, 9.17) is 10.00 Å². The SMILES string of the molecule is C[C@H](O)c1ccc(Oc2cccc(F)c2C#N)cc1Br. The molecular weight excluding hydrogens is 325 g/mol. The van der Waals surface area contributed by atoms with E-state index < -0.39 is 11.9 Å². The van der Waals surface area contributed by atoms with Crippen molar-refractivity contribution in [1.82, 2.24) is 0 Å². The molecule has 0 aliphatic carbocycles. The lowest BCUT2D eigenvalue weighted by Gasteiger charge is -2.11. The molecule has 1 atom stereocenters. The largest absolute Gasteiger partial charge is 0.456 e. The Morgan fingerprint density at radius 2 is 2.10 bits per heavy atom. The van der Waals surface area contributed by atoms with E-state index in [0.717, 1.165) is 5.56 Å². The number of nitrogens with zero attached hydrogens (tertiary/aromatic N) is 1. The van der Waals surface area contributed by atoms with E-state index in [1.807, 2.05) is 0 Å². The summed E-state index contributed by atoms with van der Waals surface area (Å²) >= 11 is 3.33. The van der Waals surface area contributed by atoms with Gasteiger partial charge in [-0.25, -0.2) is 4.39 Å². The summed E-state index contributed by atoms with van der Waals surface area (Å²) < 4.78 is 19.7. The molecule has 0 aliphatic rings. The number of rotatable bonds is 3. The molecule has 20 heavy (non-hydrogen) atoms. The highest BCUT2D eigenvalue weighted by atomic mass is 79.9. The minimum Gasteiger partial charge on any atom is -0.456 e. The summed E-state index contributed by atoms with van der Waals surface area (Å²) in [5.41, 5.74) is 0.584. The molecule has 1 N–H and O–H groups in total. The summed E-state index contributed by atoms with van der Waals surface area (Å²) in [6.45, 7) is 1.65. The number of aliphatic hydroxyl groups excluding tert-OH is 1. The normalized spacial score (nSPS) is 11.8. The van der Waals surface area contributed by atoms with Gasteiger partial charge in [-0.15, -0.1) is 0 Å². The highest BCUT2D eigenvalue weighted by Crippen LogP contribution is 2.31. The summed E-state index contributed by atoms with van der Waals surface area (Å²) in [6, 6.07) is 11.0. The van der Waals surface area contributed by atoms with Gasteiger partial charge in [0.15, 0.2) is 0 Å². The van der Waals surface area contributed by atoms with Gasteiger partial charge in [-0.2, -0.15) is 5.26 Å². The van der Waals surface area contributed by atoms with E-state index in [9.17, 15) is 9.50 Å².